The summed E-state index contributed by atoms with van der Waals surface area (Å²) in [7, 11) is 0. The fourth-order valence-corrected chi connectivity index (χ4v) is 2.73. The number of hydrogen-bond acceptors (Lipinski definition) is 3. The van der Waals surface area contributed by atoms with E-state index in [4.69, 9.17) is 10.5 Å². The maximum absolute atomic E-state index is 11.6. The van der Waals surface area contributed by atoms with Crippen LogP contribution in [-0.4, -0.2) is 30.7 Å². The SMILES string of the molecule is CCCCCCOC1CCC(NCC)(C(N)=O)C1. The van der Waals surface area contributed by atoms with E-state index in [1.165, 1.54) is 19.3 Å². The topological polar surface area (TPSA) is 64.3 Å². The van der Waals surface area contributed by atoms with Crippen molar-refractivity contribution in [2.24, 2.45) is 5.73 Å². The summed E-state index contributed by atoms with van der Waals surface area (Å²) in [5.41, 5.74) is 4.99. The highest BCUT2D eigenvalue weighted by Gasteiger charge is 2.43. The molecular weight excluding hydrogens is 228 g/mol. The third-order valence-electron chi connectivity index (χ3n) is 3.81. The first-order chi connectivity index (χ1) is 8.64. The molecule has 0 saturated heterocycles. The van der Waals surface area contributed by atoms with E-state index in [2.05, 4.69) is 12.2 Å². The van der Waals surface area contributed by atoms with Crippen LogP contribution in [0.25, 0.3) is 0 Å². The summed E-state index contributed by atoms with van der Waals surface area (Å²) in [6.07, 6.45) is 7.53. The van der Waals surface area contributed by atoms with Crippen LogP contribution in [0.15, 0.2) is 0 Å². The van der Waals surface area contributed by atoms with Gasteiger partial charge in [0.25, 0.3) is 0 Å². The number of hydrogen-bond donors (Lipinski definition) is 2. The molecule has 0 heterocycles. The Labute approximate surface area is 111 Å². The van der Waals surface area contributed by atoms with Gasteiger partial charge in [0, 0.05) is 13.0 Å². The van der Waals surface area contributed by atoms with E-state index in [0.29, 0.717) is 0 Å². The number of carbonyl (C=O) groups excluding carboxylic acids is 1. The molecule has 0 aromatic heterocycles. The maximum atomic E-state index is 11.6. The zero-order valence-electron chi connectivity index (χ0n) is 11.8. The predicted molar refractivity (Wildman–Crippen MR) is 73.3 cm³/mol. The van der Waals surface area contributed by atoms with Crippen LogP contribution in [0.4, 0.5) is 0 Å². The lowest BCUT2D eigenvalue weighted by molar-refractivity contribution is -0.124. The smallest absolute Gasteiger partial charge is 0.237 e. The molecule has 3 N–H and O–H groups in total. The second-order valence-electron chi connectivity index (χ2n) is 5.27. The van der Waals surface area contributed by atoms with Gasteiger partial charge in [0.1, 0.15) is 5.54 Å². The van der Waals surface area contributed by atoms with E-state index in [1.807, 2.05) is 6.92 Å². The Bertz CT molecular complexity index is 258. The summed E-state index contributed by atoms with van der Waals surface area (Å²) in [6.45, 7) is 5.79. The number of likely N-dealkylation sites (N-methyl/N-ethyl adjacent to an activating group) is 1. The molecule has 1 saturated carbocycles. The summed E-state index contributed by atoms with van der Waals surface area (Å²) in [5, 5.41) is 3.24. The molecule has 2 unspecified atom stereocenters. The molecule has 1 rings (SSSR count). The highest BCUT2D eigenvalue weighted by Crippen LogP contribution is 2.31. The monoisotopic (exact) mass is 256 g/mol. The van der Waals surface area contributed by atoms with Crippen LogP contribution in [0.3, 0.4) is 0 Å². The quantitative estimate of drug-likeness (QED) is 0.620. The third kappa shape index (κ3) is 4.25. The van der Waals surface area contributed by atoms with Gasteiger partial charge in [0.15, 0.2) is 0 Å². The van der Waals surface area contributed by atoms with Gasteiger partial charge in [-0.05, 0) is 25.8 Å². The molecule has 4 heteroatoms. The summed E-state index contributed by atoms with van der Waals surface area (Å²) in [6, 6.07) is 0. The summed E-state index contributed by atoms with van der Waals surface area (Å²) in [5.74, 6) is -0.235. The molecule has 1 fully saturated rings. The normalized spacial score (nSPS) is 27.6. The molecule has 0 spiro atoms. The number of nitrogens with two attached hydrogens (primary N) is 1. The molecule has 0 bridgehead atoms. The van der Waals surface area contributed by atoms with Crippen molar-refractivity contribution in [1.82, 2.24) is 5.32 Å². The summed E-state index contributed by atoms with van der Waals surface area (Å²) >= 11 is 0. The number of ether oxygens (including phenoxy) is 1. The molecule has 2 atom stereocenters. The molecule has 1 aliphatic carbocycles. The largest absolute Gasteiger partial charge is 0.378 e. The van der Waals surface area contributed by atoms with Crippen molar-refractivity contribution in [3.05, 3.63) is 0 Å². The number of carbonyl (C=O) groups is 1. The van der Waals surface area contributed by atoms with Gasteiger partial charge in [0.05, 0.1) is 6.10 Å². The average Bonchev–Trinajstić information content (AvgIpc) is 2.74. The van der Waals surface area contributed by atoms with Crippen LogP contribution in [0.2, 0.25) is 0 Å². The molecule has 18 heavy (non-hydrogen) atoms. The highest BCUT2D eigenvalue weighted by molar-refractivity contribution is 5.85. The minimum atomic E-state index is -0.525. The van der Waals surface area contributed by atoms with Gasteiger partial charge >= 0.3 is 0 Å². The standard InChI is InChI=1S/C14H28N2O2/c1-3-5-6-7-10-18-12-8-9-14(11-12,13(15)17)16-4-2/h12,16H,3-11H2,1-2H3,(H2,15,17). The van der Waals surface area contributed by atoms with Gasteiger partial charge in [-0.3, -0.25) is 4.79 Å². The molecule has 106 valence electrons. The van der Waals surface area contributed by atoms with Gasteiger partial charge in [-0.1, -0.05) is 33.1 Å². The zero-order valence-corrected chi connectivity index (χ0v) is 11.8. The van der Waals surface area contributed by atoms with Crippen molar-refractivity contribution in [3.63, 3.8) is 0 Å². The van der Waals surface area contributed by atoms with Crippen LogP contribution in [0, 0.1) is 0 Å². The Morgan fingerprint density at radius 1 is 1.39 bits per heavy atom. The molecule has 0 radical (unpaired) electrons. The lowest BCUT2D eigenvalue weighted by atomic mass is 9.96. The molecule has 4 nitrogen and oxygen atoms in total. The highest BCUT2D eigenvalue weighted by atomic mass is 16.5. The number of rotatable bonds is 9. The van der Waals surface area contributed by atoms with Gasteiger partial charge in [-0.2, -0.15) is 0 Å². The fourth-order valence-electron chi connectivity index (χ4n) is 2.73. The van der Waals surface area contributed by atoms with Crippen molar-refractivity contribution < 1.29 is 9.53 Å². The molecule has 1 aliphatic rings. The van der Waals surface area contributed by atoms with Crippen molar-refractivity contribution in [2.75, 3.05) is 13.2 Å². The van der Waals surface area contributed by atoms with Crippen molar-refractivity contribution in [2.45, 2.75) is 70.4 Å². The van der Waals surface area contributed by atoms with E-state index in [0.717, 1.165) is 38.8 Å². The first-order valence-electron chi connectivity index (χ1n) is 7.31. The van der Waals surface area contributed by atoms with E-state index in [9.17, 15) is 4.79 Å². The van der Waals surface area contributed by atoms with Gasteiger partial charge in [-0.15, -0.1) is 0 Å². The van der Waals surface area contributed by atoms with Gasteiger partial charge in [0.2, 0.25) is 5.91 Å². The van der Waals surface area contributed by atoms with Crippen LogP contribution < -0.4 is 11.1 Å². The van der Waals surface area contributed by atoms with Gasteiger partial charge < -0.3 is 15.8 Å². The Kier molecular flexibility index (Phi) is 6.65. The lowest BCUT2D eigenvalue weighted by Crippen LogP contribution is -2.53. The number of amides is 1. The Morgan fingerprint density at radius 2 is 2.17 bits per heavy atom. The first kappa shape index (κ1) is 15.4. The third-order valence-corrected chi connectivity index (χ3v) is 3.81. The molecule has 0 aromatic rings. The predicted octanol–water partition coefficient (Wildman–Crippen LogP) is 1.97. The Morgan fingerprint density at radius 3 is 2.78 bits per heavy atom. The lowest BCUT2D eigenvalue weighted by Gasteiger charge is -2.26. The fraction of sp³-hybridized carbons (Fsp3) is 0.929. The minimum absolute atomic E-state index is 0.193. The van der Waals surface area contributed by atoms with Crippen LogP contribution in [0.5, 0.6) is 0 Å². The number of nitrogens with one attached hydrogen (secondary N) is 1. The van der Waals surface area contributed by atoms with Crippen molar-refractivity contribution in [3.8, 4) is 0 Å². The summed E-state index contributed by atoms with van der Waals surface area (Å²) < 4.78 is 5.85. The second kappa shape index (κ2) is 7.74. The molecule has 0 aliphatic heterocycles. The zero-order chi connectivity index (χ0) is 13.4. The van der Waals surface area contributed by atoms with E-state index < -0.39 is 5.54 Å². The van der Waals surface area contributed by atoms with E-state index in [1.54, 1.807) is 0 Å². The minimum Gasteiger partial charge on any atom is -0.378 e. The molecule has 1 amide bonds. The number of unbranched alkanes of at least 4 members (excludes halogenated alkanes) is 3. The second-order valence-corrected chi connectivity index (χ2v) is 5.27. The Balaban J connectivity index is 2.28. The molecule has 0 aromatic carbocycles. The average molecular weight is 256 g/mol. The Hall–Kier alpha value is -0.610. The van der Waals surface area contributed by atoms with Gasteiger partial charge in [-0.25, -0.2) is 0 Å². The maximum Gasteiger partial charge on any atom is 0.237 e. The van der Waals surface area contributed by atoms with Crippen molar-refractivity contribution >= 4 is 5.91 Å². The van der Waals surface area contributed by atoms with E-state index >= 15 is 0 Å². The van der Waals surface area contributed by atoms with Crippen LogP contribution in [0.1, 0.15) is 58.8 Å². The van der Waals surface area contributed by atoms with Crippen LogP contribution in [-0.2, 0) is 9.53 Å². The van der Waals surface area contributed by atoms with Crippen molar-refractivity contribution in [1.29, 1.82) is 0 Å². The first-order valence-corrected chi connectivity index (χ1v) is 7.31. The van der Waals surface area contributed by atoms with E-state index in [-0.39, 0.29) is 12.0 Å². The number of primary amides is 1. The molecular formula is C14H28N2O2. The summed E-state index contributed by atoms with van der Waals surface area (Å²) in [4.78, 5) is 11.6. The van der Waals surface area contributed by atoms with Crippen LogP contribution >= 0.6 is 0 Å².